The van der Waals surface area contributed by atoms with E-state index in [1.54, 1.807) is 11.3 Å². The molecule has 1 nitrogen and oxygen atoms in total. The molecule has 0 aliphatic carbocycles. The van der Waals surface area contributed by atoms with Crippen molar-refractivity contribution in [2.75, 3.05) is 5.32 Å². The quantitative estimate of drug-likeness (QED) is 0.522. The van der Waals surface area contributed by atoms with Crippen molar-refractivity contribution < 1.29 is 17.6 Å². The van der Waals surface area contributed by atoms with Gasteiger partial charge in [0.15, 0.2) is 0 Å². The lowest BCUT2D eigenvalue weighted by molar-refractivity contribution is -0.140. The first-order valence-corrected chi connectivity index (χ1v) is 7.75. The van der Waals surface area contributed by atoms with Crippen molar-refractivity contribution in [1.82, 2.24) is 0 Å². The van der Waals surface area contributed by atoms with Gasteiger partial charge in [-0.05, 0) is 41.6 Å². The van der Waals surface area contributed by atoms with Crippen LogP contribution < -0.4 is 5.32 Å². The summed E-state index contributed by atoms with van der Waals surface area (Å²) < 4.78 is 52.6. The molecular formula is C17H14ClF4NS. The second-order valence-electron chi connectivity index (χ2n) is 5.22. The van der Waals surface area contributed by atoms with Crippen LogP contribution in [0.2, 0.25) is 0 Å². The zero-order valence-electron chi connectivity index (χ0n) is 12.6. The molecule has 0 aliphatic rings. The first kappa shape index (κ1) is 18.5. The molecule has 0 bridgehead atoms. The summed E-state index contributed by atoms with van der Waals surface area (Å²) in [5.41, 5.74) is 0.212. The number of fused-ring (bicyclic) bond motifs is 1. The number of anilines is 1. The van der Waals surface area contributed by atoms with E-state index >= 15 is 0 Å². The Labute approximate surface area is 146 Å². The Balaban J connectivity index is 0.00000208. The van der Waals surface area contributed by atoms with Gasteiger partial charge in [-0.15, -0.1) is 23.7 Å². The summed E-state index contributed by atoms with van der Waals surface area (Å²) >= 11 is 1.55. The number of aryl methyl sites for hydroxylation is 1. The summed E-state index contributed by atoms with van der Waals surface area (Å²) in [7, 11) is 0. The summed E-state index contributed by atoms with van der Waals surface area (Å²) in [5.74, 6) is -1.25. The summed E-state index contributed by atoms with van der Waals surface area (Å²) in [6, 6.07) is 11.0. The predicted octanol–water partition coefficient (Wildman–Crippen LogP) is 6.40. The first-order valence-electron chi connectivity index (χ1n) is 6.94. The fourth-order valence-electron chi connectivity index (χ4n) is 2.42. The van der Waals surface area contributed by atoms with Crippen molar-refractivity contribution in [3.8, 4) is 0 Å². The van der Waals surface area contributed by atoms with Crippen molar-refractivity contribution in [3.05, 3.63) is 65.0 Å². The van der Waals surface area contributed by atoms with E-state index in [-0.39, 0.29) is 19.0 Å². The Morgan fingerprint density at radius 2 is 1.79 bits per heavy atom. The number of nitrogens with one attached hydrogen (secondary N) is 1. The summed E-state index contributed by atoms with van der Waals surface area (Å²) in [5, 5.41) is 5.17. The zero-order valence-corrected chi connectivity index (χ0v) is 14.2. The Morgan fingerprint density at radius 3 is 2.46 bits per heavy atom. The number of alkyl halides is 3. The summed E-state index contributed by atoms with van der Waals surface area (Å²) in [4.78, 5) is 0. The molecule has 7 heteroatoms. The molecule has 3 aromatic rings. The van der Waals surface area contributed by atoms with E-state index < -0.39 is 17.6 Å². The molecule has 0 fully saturated rings. The highest BCUT2D eigenvalue weighted by molar-refractivity contribution is 7.23. The number of hydrogen-bond donors (Lipinski definition) is 1. The van der Waals surface area contributed by atoms with Gasteiger partial charge in [-0.2, -0.15) is 13.2 Å². The molecule has 2 aromatic carbocycles. The van der Waals surface area contributed by atoms with E-state index in [9.17, 15) is 17.6 Å². The number of benzene rings is 2. The van der Waals surface area contributed by atoms with Crippen LogP contribution >= 0.6 is 23.7 Å². The van der Waals surface area contributed by atoms with Crippen molar-refractivity contribution in [3.63, 3.8) is 0 Å². The lowest BCUT2D eigenvalue weighted by Gasteiger charge is -2.11. The molecule has 0 unspecified atom stereocenters. The van der Waals surface area contributed by atoms with Crippen LogP contribution in [-0.2, 0) is 12.7 Å². The van der Waals surface area contributed by atoms with Gasteiger partial charge in [0.1, 0.15) is 5.82 Å². The maximum atomic E-state index is 13.3. The first-order chi connectivity index (χ1) is 10.9. The van der Waals surface area contributed by atoms with E-state index in [0.29, 0.717) is 5.56 Å². The Morgan fingerprint density at radius 1 is 1.08 bits per heavy atom. The molecule has 128 valence electrons. The molecule has 1 N–H and O–H groups in total. The van der Waals surface area contributed by atoms with E-state index in [0.717, 1.165) is 32.8 Å². The van der Waals surface area contributed by atoms with Crippen molar-refractivity contribution in [2.24, 2.45) is 0 Å². The van der Waals surface area contributed by atoms with Gasteiger partial charge in [-0.1, -0.05) is 24.3 Å². The topological polar surface area (TPSA) is 12.0 Å². The van der Waals surface area contributed by atoms with Gasteiger partial charge in [0.05, 0.1) is 10.6 Å². The highest BCUT2D eigenvalue weighted by Gasteiger charge is 2.34. The molecule has 24 heavy (non-hydrogen) atoms. The minimum atomic E-state index is -4.69. The average molecular weight is 376 g/mol. The highest BCUT2D eigenvalue weighted by atomic mass is 35.5. The minimum absolute atomic E-state index is 0. The van der Waals surface area contributed by atoms with Crippen molar-refractivity contribution >= 4 is 38.8 Å². The van der Waals surface area contributed by atoms with Gasteiger partial charge >= 0.3 is 6.18 Å². The maximum Gasteiger partial charge on any atom is 0.419 e. The monoisotopic (exact) mass is 375 g/mol. The Hall–Kier alpha value is -1.79. The molecule has 3 rings (SSSR count). The SMILES string of the molecule is Cc1c(NCc2ccc(F)c(C(F)(F)F)c2)sc2ccccc12.Cl. The molecule has 0 atom stereocenters. The van der Waals surface area contributed by atoms with E-state index in [1.807, 2.05) is 31.2 Å². The van der Waals surface area contributed by atoms with Gasteiger partial charge in [-0.25, -0.2) is 4.39 Å². The predicted molar refractivity (Wildman–Crippen MR) is 92.5 cm³/mol. The Bertz CT molecular complexity index is 857. The van der Waals surface area contributed by atoms with Crippen LogP contribution in [0.4, 0.5) is 22.6 Å². The fourth-order valence-corrected chi connectivity index (χ4v) is 3.53. The molecule has 0 saturated heterocycles. The van der Waals surface area contributed by atoms with E-state index in [1.165, 1.54) is 6.07 Å². The van der Waals surface area contributed by atoms with Crippen molar-refractivity contribution in [2.45, 2.75) is 19.6 Å². The van der Waals surface area contributed by atoms with Crippen LogP contribution in [0.25, 0.3) is 10.1 Å². The summed E-state index contributed by atoms with van der Waals surface area (Å²) in [6.45, 7) is 2.17. The average Bonchev–Trinajstić information content (AvgIpc) is 2.82. The molecule has 0 spiro atoms. The second-order valence-corrected chi connectivity index (χ2v) is 6.27. The van der Waals surface area contributed by atoms with Crippen LogP contribution in [0.3, 0.4) is 0 Å². The number of hydrogen-bond acceptors (Lipinski definition) is 2. The van der Waals surface area contributed by atoms with Gasteiger partial charge in [0, 0.05) is 11.2 Å². The molecule has 0 aliphatic heterocycles. The minimum Gasteiger partial charge on any atom is -0.373 e. The molecule has 0 radical (unpaired) electrons. The van der Waals surface area contributed by atoms with Gasteiger partial charge in [-0.3, -0.25) is 0 Å². The number of thiophene rings is 1. The highest BCUT2D eigenvalue weighted by Crippen LogP contribution is 2.35. The van der Waals surface area contributed by atoms with Crippen LogP contribution in [-0.4, -0.2) is 0 Å². The zero-order chi connectivity index (χ0) is 16.6. The van der Waals surface area contributed by atoms with Gasteiger partial charge in [0.25, 0.3) is 0 Å². The van der Waals surface area contributed by atoms with Crippen LogP contribution in [0, 0.1) is 12.7 Å². The van der Waals surface area contributed by atoms with Crippen LogP contribution in [0.5, 0.6) is 0 Å². The van der Waals surface area contributed by atoms with Crippen LogP contribution in [0.1, 0.15) is 16.7 Å². The lowest BCUT2D eigenvalue weighted by atomic mass is 10.1. The third-order valence-corrected chi connectivity index (χ3v) is 4.86. The molecule has 1 heterocycles. The van der Waals surface area contributed by atoms with Gasteiger partial charge in [0.2, 0.25) is 0 Å². The molecule has 1 aromatic heterocycles. The largest absolute Gasteiger partial charge is 0.419 e. The second kappa shape index (κ2) is 6.99. The van der Waals surface area contributed by atoms with E-state index in [4.69, 9.17) is 0 Å². The fraction of sp³-hybridized carbons (Fsp3) is 0.176. The number of rotatable bonds is 3. The third-order valence-electron chi connectivity index (χ3n) is 3.63. The summed E-state index contributed by atoms with van der Waals surface area (Å²) in [6.07, 6.45) is -4.69. The third kappa shape index (κ3) is 3.65. The standard InChI is InChI=1S/C17H13F4NS.ClH/c1-10-12-4-2-3-5-15(12)23-16(10)22-9-11-6-7-14(18)13(8-11)17(19,20)21;/h2-8,22H,9H2,1H3;1H. The molecular weight excluding hydrogens is 362 g/mol. The molecule has 0 saturated carbocycles. The van der Waals surface area contributed by atoms with Gasteiger partial charge < -0.3 is 5.32 Å². The van der Waals surface area contributed by atoms with Crippen LogP contribution in [0.15, 0.2) is 42.5 Å². The van der Waals surface area contributed by atoms with Crippen molar-refractivity contribution in [1.29, 1.82) is 0 Å². The van der Waals surface area contributed by atoms with E-state index in [2.05, 4.69) is 5.32 Å². The molecule has 0 amide bonds. The maximum absolute atomic E-state index is 13.3. The number of halogens is 5. The smallest absolute Gasteiger partial charge is 0.373 e. The lowest BCUT2D eigenvalue weighted by Crippen LogP contribution is -2.09. The Kier molecular flexibility index (Phi) is 5.40. The normalized spacial score (nSPS) is 11.4.